The monoisotopic (exact) mass is 481 g/mol. The van der Waals surface area contributed by atoms with E-state index < -0.39 is 0 Å². The second kappa shape index (κ2) is 6.68. The van der Waals surface area contributed by atoms with Crippen LogP contribution in [0.5, 0.6) is 11.5 Å². The standard InChI is InChI=1S/C33H39NO2/c1-30(2,3)18-12-21-27-22(13-18)32(6,7)24-15-20(36-11)17-26-29(24)34(27)28-23(31(21,4)5)14-19(35-10)16-25(28)33(26,8)9/h12-17H,1-11H3. The molecule has 6 rings (SSSR count). The summed E-state index contributed by atoms with van der Waals surface area (Å²) >= 11 is 0. The van der Waals surface area contributed by atoms with E-state index in [9.17, 15) is 0 Å². The Morgan fingerprint density at radius 1 is 0.528 bits per heavy atom. The molecule has 188 valence electrons. The van der Waals surface area contributed by atoms with Crippen molar-refractivity contribution in [3.63, 3.8) is 0 Å². The van der Waals surface area contributed by atoms with Crippen molar-refractivity contribution >= 4 is 17.1 Å². The Morgan fingerprint density at radius 2 is 0.806 bits per heavy atom. The van der Waals surface area contributed by atoms with Crippen LogP contribution in [0.3, 0.4) is 0 Å². The molecular weight excluding hydrogens is 442 g/mol. The number of ether oxygens (including phenoxy) is 2. The molecule has 0 aromatic heterocycles. The SMILES string of the molecule is COc1cc2c3c(c1)C(C)(C)c1cc(C(C)(C)C)cc4c1N3c1c(cc(OC)cc1C4(C)C)C2(C)C. The van der Waals surface area contributed by atoms with Crippen molar-refractivity contribution in [2.75, 3.05) is 19.1 Å². The second-order valence-electron chi connectivity index (χ2n) is 13.5. The van der Waals surface area contributed by atoms with Crippen molar-refractivity contribution in [3.8, 4) is 11.5 Å². The van der Waals surface area contributed by atoms with Crippen molar-refractivity contribution in [1.29, 1.82) is 0 Å². The lowest BCUT2D eigenvalue weighted by Crippen LogP contribution is -2.44. The maximum atomic E-state index is 5.89. The van der Waals surface area contributed by atoms with Gasteiger partial charge in [-0.25, -0.2) is 0 Å². The highest BCUT2D eigenvalue weighted by Crippen LogP contribution is 2.67. The number of hydrogen-bond acceptors (Lipinski definition) is 3. The molecule has 0 fully saturated rings. The van der Waals surface area contributed by atoms with E-state index in [0.717, 1.165) is 11.5 Å². The van der Waals surface area contributed by atoms with E-state index in [2.05, 4.69) is 104 Å². The predicted octanol–water partition coefficient (Wildman–Crippen LogP) is 8.39. The third-order valence-corrected chi connectivity index (χ3v) is 9.33. The molecule has 3 aliphatic rings. The fourth-order valence-electron chi connectivity index (χ4n) is 6.87. The lowest BCUT2D eigenvalue weighted by atomic mass is 9.60. The Hall–Kier alpha value is -2.94. The quantitative estimate of drug-likeness (QED) is 0.367. The first-order valence-electron chi connectivity index (χ1n) is 13.1. The molecular formula is C33H39NO2. The van der Waals surface area contributed by atoms with Gasteiger partial charge in [-0.05, 0) is 68.6 Å². The van der Waals surface area contributed by atoms with Crippen LogP contribution in [-0.4, -0.2) is 14.2 Å². The van der Waals surface area contributed by atoms with Gasteiger partial charge in [0, 0.05) is 16.2 Å². The zero-order valence-electron chi connectivity index (χ0n) is 23.7. The van der Waals surface area contributed by atoms with Crippen LogP contribution in [0.1, 0.15) is 101 Å². The molecule has 3 aliphatic heterocycles. The minimum absolute atomic E-state index is 0.0429. The van der Waals surface area contributed by atoms with E-state index in [1.54, 1.807) is 14.2 Å². The summed E-state index contributed by atoms with van der Waals surface area (Å²) in [6.45, 7) is 21.2. The van der Waals surface area contributed by atoms with E-state index in [1.165, 1.54) is 56.0 Å². The van der Waals surface area contributed by atoms with Crippen LogP contribution in [0.15, 0.2) is 36.4 Å². The first kappa shape index (κ1) is 23.5. The smallest absolute Gasteiger partial charge is 0.119 e. The van der Waals surface area contributed by atoms with Crippen LogP contribution < -0.4 is 14.4 Å². The van der Waals surface area contributed by atoms with E-state index in [4.69, 9.17) is 9.47 Å². The molecule has 3 aromatic carbocycles. The van der Waals surface area contributed by atoms with Gasteiger partial charge < -0.3 is 14.4 Å². The predicted molar refractivity (Wildman–Crippen MR) is 149 cm³/mol. The number of nitrogens with zero attached hydrogens (tertiary/aromatic N) is 1. The molecule has 3 heterocycles. The van der Waals surface area contributed by atoms with Crippen LogP contribution in [-0.2, 0) is 21.7 Å². The summed E-state index contributed by atoms with van der Waals surface area (Å²) in [5.41, 5.74) is 13.0. The average Bonchev–Trinajstić information content (AvgIpc) is 2.81. The zero-order chi connectivity index (χ0) is 26.2. The van der Waals surface area contributed by atoms with Crippen molar-refractivity contribution in [2.45, 2.75) is 84.0 Å². The van der Waals surface area contributed by atoms with Gasteiger partial charge in [-0.15, -0.1) is 0 Å². The van der Waals surface area contributed by atoms with E-state index in [-0.39, 0.29) is 21.7 Å². The Labute approximate surface area is 216 Å². The molecule has 0 spiro atoms. The molecule has 3 aromatic rings. The van der Waals surface area contributed by atoms with Gasteiger partial charge in [0.05, 0.1) is 31.3 Å². The molecule has 0 atom stereocenters. The summed E-state index contributed by atoms with van der Waals surface area (Å²) < 4.78 is 11.8. The Bertz CT molecular complexity index is 1370. The lowest BCUT2D eigenvalue weighted by molar-refractivity contribution is 0.408. The van der Waals surface area contributed by atoms with E-state index in [0.29, 0.717) is 0 Å². The Kier molecular flexibility index (Phi) is 4.35. The molecule has 0 radical (unpaired) electrons. The molecule has 0 N–H and O–H groups in total. The van der Waals surface area contributed by atoms with Crippen LogP contribution in [0.25, 0.3) is 0 Å². The van der Waals surface area contributed by atoms with Gasteiger partial charge in [0.15, 0.2) is 0 Å². The Morgan fingerprint density at radius 3 is 1.06 bits per heavy atom. The number of anilines is 3. The highest BCUT2D eigenvalue weighted by Gasteiger charge is 2.52. The van der Waals surface area contributed by atoms with Crippen LogP contribution in [0.4, 0.5) is 17.1 Å². The third kappa shape index (κ3) is 2.64. The van der Waals surface area contributed by atoms with Gasteiger partial charge in [-0.2, -0.15) is 0 Å². The summed E-state index contributed by atoms with van der Waals surface area (Å²) in [5.74, 6) is 1.84. The molecule has 0 bridgehead atoms. The molecule has 0 saturated heterocycles. The van der Waals surface area contributed by atoms with E-state index >= 15 is 0 Å². The molecule has 3 nitrogen and oxygen atoms in total. The largest absolute Gasteiger partial charge is 0.497 e. The number of hydrogen-bond donors (Lipinski definition) is 0. The first-order valence-corrected chi connectivity index (χ1v) is 13.1. The van der Waals surface area contributed by atoms with E-state index in [1.807, 2.05) is 0 Å². The summed E-state index contributed by atoms with van der Waals surface area (Å²) in [6.07, 6.45) is 0. The van der Waals surface area contributed by atoms with Crippen molar-refractivity contribution in [3.05, 3.63) is 75.3 Å². The Balaban J connectivity index is 1.87. The fourth-order valence-corrected chi connectivity index (χ4v) is 6.87. The van der Waals surface area contributed by atoms with Gasteiger partial charge in [0.25, 0.3) is 0 Å². The first-order chi connectivity index (χ1) is 16.7. The van der Waals surface area contributed by atoms with Crippen LogP contribution >= 0.6 is 0 Å². The zero-order valence-corrected chi connectivity index (χ0v) is 23.7. The second-order valence-corrected chi connectivity index (χ2v) is 13.5. The minimum Gasteiger partial charge on any atom is -0.497 e. The molecule has 0 saturated carbocycles. The van der Waals surface area contributed by atoms with Gasteiger partial charge in [0.1, 0.15) is 11.5 Å². The van der Waals surface area contributed by atoms with Gasteiger partial charge in [-0.1, -0.05) is 74.4 Å². The molecule has 0 aliphatic carbocycles. The lowest BCUT2D eigenvalue weighted by Gasteiger charge is -2.55. The fraction of sp³-hybridized carbons (Fsp3) is 0.455. The minimum atomic E-state index is -0.208. The summed E-state index contributed by atoms with van der Waals surface area (Å²) in [6, 6.07) is 14.0. The number of rotatable bonds is 2. The van der Waals surface area contributed by atoms with Crippen LogP contribution in [0, 0.1) is 0 Å². The average molecular weight is 482 g/mol. The molecule has 36 heavy (non-hydrogen) atoms. The van der Waals surface area contributed by atoms with Gasteiger partial charge >= 0.3 is 0 Å². The van der Waals surface area contributed by atoms with Crippen molar-refractivity contribution in [1.82, 2.24) is 0 Å². The highest BCUT2D eigenvalue weighted by atomic mass is 16.5. The topological polar surface area (TPSA) is 21.7 Å². The molecule has 0 unspecified atom stereocenters. The maximum absolute atomic E-state index is 5.89. The van der Waals surface area contributed by atoms with Crippen molar-refractivity contribution < 1.29 is 9.47 Å². The summed E-state index contributed by atoms with van der Waals surface area (Å²) in [4.78, 5) is 2.59. The maximum Gasteiger partial charge on any atom is 0.119 e. The van der Waals surface area contributed by atoms with Gasteiger partial charge in [-0.3, -0.25) is 0 Å². The molecule has 0 amide bonds. The van der Waals surface area contributed by atoms with Crippen LogP contribution in [0.2, 0.25) is 0 Å². The highest BCUT2D eigenvalue weighted by molar-refractivity contribution is 5.98. The normalized spacial score (nSPS) is 19.0. The number of benzene rings is 3. The van der Waals surface area contributed by atoms with Gasteiger partial charge in [0.2, 0.25) is 0 Å². The summed E-state index contributed by atoms with van der Waals surface area (Å²) in [5, 5.41) is 0. The summed E-state index contributed by atoms with van der Waals surface area (Å²) in [7, 11) is 3.56. The van der Waals surface area contributed by atoms with Crippen molar-refractivity contribution in [2.24, 2.45) is 0 Å². The number of methoxy groups -OCH3 is 2. The third-order valence-electron chi connectivity index (χ3n) is 9.33. The molecule has 3 heteroatoms.